The highest BCUT2D eigenvalue weighted by molar-refractivity contribution is 7.32. The normalized spacial score (nSPS) is 18.2. The van der Waals surface area contributed by atoms with Crippen LogP contribution in [0.5, 0.6) is 0 Å². The zero-order valence-electron chi connectivity index (χ0n) is 6.94. The fraction of sp³-hybridized carbons (Fsp3) is 1.00. The molecule has 0 aliphatic carbocycles. The van der Waals surface area contributed by atoms with E-state index in [2.05, 4.69) is 4.52 Å². The Morgan fingerprint density at radius 1 is 1.64 bits per heavy atom. The summed E-state index contributed by atoms with van der Waals surface area (Å²) >= 11 is 0. The summed E-state index contributed by atoms with van der Waals surface area (Å²) in [7, 11) is -2.72. The standard InChI is InChI=1S/C6H13O4P/c1-5(2)4-6(3,7)10-11(8)9/h5,7H,4H2,1-3H3/p+1. The molecule has 11 heavy (non-hydrogen) atoms. The van der Waals surface area contributed by atoms with E-state index >= 15 is 0 Å². The summed E-state index contributed by atoms with van der Waals surface area (Å²) in [5, 5.41) is 9.29. The van der Waals surface area contributed by atoms with Gasteiger partial charge < -0.3 is 5.11 Å². The van der Waals surface area contributed by atoms with Gasteiger partial charge in [0.15, 0.2) is 0 Å². The predicted octanol–water partition coefficient (Wildman–Crippen LogP) is 1.41. The molecule has 0 aliphatic rings. The molecule has 0 fully saturated rings. The van der Waals surface area contributed by atoms with Crippen molar-refractivity contribution in [3.8, 4) is 0 Å². The molecule has 2 unspecified atom stereocenters. The van der Waals surface area contributed by atoms with E-state index in [9.17, 15) is 9.67 Å². The Morgan fingerprint density at radius 3 is 2.36 bits per heavy atom. The van der Waals surface area contributed by atoms with Crippen LogP contribution in [-0.4, -0.2) is 15.8 Å². The molecule has 66 valence electrons. The Labute approximate surface area is 67.1 Å². The lowest BCUT2D eigenvalue weighted by Gasteiger charge is -2.17. The van der Waals surface area contributed by atoms with Gasteiger partial charge in [0.25, 0.3) is 0 Å². The molecule has 2 N–H and O–H groups in total. The lowest BCUT2D eigenvalue weighted by Crippen LogP contribution is -2.27. The third kappa shape index (κ3) is 6.38. The molecular weight excluding hydrogens is 167 g/mol. The highest BCUT2D eigenvalue weighted by Gasteiger charge is 2.33. The maximum atomic E-state index is 10.2. The number of hydrogen-bond acceptors (Lipinski definition) is 3. The lowest BCUT2D eigenvalue weighted by atomic mass is 10.1. The van der Waals surface area contributed by atoms with Gasteiger partial charge in [0.05, 0.1) is 0 Å². The molecule has 0 saturated carbocycles. The molecular formula is C6H14O4P+. The fourth-order valence-corrected chi connectivity index (χ4v) is 1.37. The van der Waals surface area contributed by atoms with Crippen molar-refractivity contribution in [3.05, 3.63) is 0 Å². The highest BCUT2D eigenvalue weighted by atomic mass is 31.1. The second-order valence-electron chi connectivity index (χ2n) is 3.10. The second-order valence-corrected chi connectivity index (χ2v) is 3.76. The van der Waals surface area contributed by atoms with Crippen LogP contribution < -0.4 is 0 Å². The van der Waals surface area contributed by atoms with Crippen LogP contribution in [0.1, 0.15) is 27.2 Å². The molecule has 4 nitrogen and oxygen atoms in total. The molecule has 0 aromatic rings. The van der Waals surface area contributed by atoms with Crippen molar-refractivity contribution in [3.63, 3.8) is 0 Å². The quantitative estimate of drug-likeness (QED) is 0.508. The van der Waals surface area contributed by atoms with E-state index < -0.39 is 14.0 Å². The molecule has 0 spiro atoms. The smallest absolute Gasteiger partial charge is 0.362 e. The molecule has 0 aromatic heterocycles. The maximum Gasteiger partial charge on any atom is 0.697 e. The van der Waals surface area contributed by atoms with Crippen LogP contribution in [-0.2, 0) is 9.09 Å². The molecule has 0 aromatic carbocycles. The minimum atomic E-state index is -2.72. The molecule has 0 rings (SSSR count). The Bertz CT molecular complexity index is 144. The minimum absolute atomic E-state index is 0.222. The van der Waals surface area contributed by atoms with Gasteiger partial charge in [0.1, 0.15) is 0 Å². The zero-order chi connectivity index (χ0) is 9.07. The summed E-state index contributed by atoms with van der Waals surface area (Å²) in [5.41, 5.74) is 0. The second kappa shape index (κ2) is 4.12. The molecule has 2 atom stereocenters. The van der Waals surface area contributed by atoms with Crippen molar-refractivity contribution in [2.24, 2.45) is 5.92 Å². The predicted molar refractivity (Wildman–Crippen MR) is 41.0 cm³/mol. The topological polar surface area (TPSA) is 66.8 Å². The van der Waals surface area contributed by atoms with E-state index in [1.807, 2.05) is 13.8 Å². The van der Waals surface area contributed by atoms with Crippen LogP contribution in [0, 0.1) is 5.92 Å². The molecule has 0 amide bonds. The van der Waals surface area contributed by atoms with Crippen LogP contribution in [0.3, 0.4) is 0 Å². The minimum Gasteiger partial charge on any atom is -0.362 e. The van der Waals surface area contributed by atoms with Gasteiger partial charge in [0, 0.05) is 11.0 Å². The van der Waals surface area contributed by atoms with E-state index in [1.165, 1.54) is 6.92 Å². The van der Waals surface area contributed by atoms with Crippen molar-refractivity contribution in [1.82, 2.24) is 0 Å². The third-order valence-electron chi connectivity index (χ3n) is 1.06. The Balaban J connectivity index is 3.89. The van der Waals surface area contributed by atoms with E-state index in [4.69, 9.17) is 4.89 Å². The highest BCUT2D eigenvalue weighted by Crippen LogP contribution is 2.28. The van der Waals surface area contributed by atoms with Crippen molar-refractivity contribution in [1.29, 1.82) is 0 Å². The van der Waals surface area contributed by atoms with Gasteiger partial charge >= 0.3 is 8.25 Å². The van der Waals surface area contributed by atoms with Crippen molar-refractivity contribution < 1.29 is 19.1 Å². The van der Waals surface area contributed by atoms with Crippen molar-refractivity contribution in [2.75, 3.05) is 0 Å². The monoisotopic (exact) mass is 181 g/mol. The summed E-state index contributed by atoms with van der Waals surface area (Å²) in [6.07, 6.45) is 0.342. The van der Waals surface area contributed by atoms with Crippen LogP contribution in [0.2, 0.25) is 0 Å². The van der Waals surface area contributed by atoms with Crippen molar-refractivity contribution >= 4 is 8.25 Å². The van der Waals surface area contributed by atoms with Crippen LogP contribution >= 0.6 is 8.25 Å². The first kappa shape index (κ1) is 11.0. The first-order valence-corrected chi connectivity index (χ1v) is 4.54. The van der Waals surface area contributed by atoms with Gasteiger partial charge in [-0.3, -0.25) is 0 Å². The van der Waals surface area contributed by atoms with Gasteiger partial charge in [-0.1, -0.05) is 18.4 Å². The first-order valence-electron chi connectivity index (χ1n) is 3.41. The maximum absolute atomic E-state index is 10.2. The summed E-state index contributed by atoms with van der Waals surface area (Å²) in [5.74, 6) is -1.27. The molecule has 0 bridgehead atoms. The summed E-state index contributed by atoms with van der Waals surface area (Å²) in [6, 6.07) is 0. The van der Waals surface area contributed by atoms with E-state index in [0.717, 1.165) is 0 Å². The Morgan fingerprint density at radius 2 is 2.09 bits per heavy atom. The van der Waals surface area contributed by atoms with Gasteiger partial charge in [-0.05, 0) is 12.8 Å². The third-order valence-corrected chi connectivity index (χ3v) is 1.61. The summed E-state index contributed by atoms with van der Waals surface area (Å²) in [4.78, 5) is 8.33. The van der Waals surface area contributed by atoms with Gasteiger partial charge in [-0.2, -0.15) is 0 Å². The number of rotatable bonds is 4. The molecule has 0 saturated heterocycles. The SMILES string of the molecule is CC(C)CC(C)(O)O[P+](=O)O. The summed E-state index contributed by atoms with van der Waals surface area (Å²) < 4.78 is 14.5. The zero-order valence-corrected chi connectivity index (χ0v) is 7.84. The van der Waals surface area contributed by atoms with E-state index in [1.54, 1.807) is 0 Å². The fourth-order valence-electron chi connectivity index (χ4n) is 0.963. The first-order chi connectivity index (χ1) is 4.83. The average Bonchev–Trinajstić information content (AvgIpc) is 1.53. The largest absolute Gasteiger partial charge is 0.697 e. The van der Waals surface area contributed by atoms with Gasteiger partial charge in [-0.25, -0.2) is 0 Å². The van der Waals surface area contributed by atoms with Crippen molar-refractivity contribution in [2.45, 2.75) is 33.0 Å². The Hall–Kier alpha value is -0.0200. The lowest BCUT2D eigenvalue weighted by molar-refractivity contribution is -0.134. The van der Waals surface area contributed by atoms with Crippen LogP contribution in [0.25, 0.3) is 0 Å². The van der Waals surface area contributed by atoms with E-state index in [0.29, 0.717) is 6.42 Å². The number of hydrogen-bond donors (Lipinski definition) is 2. The van der Waals surface area contributed by atoms with E-state index in [-0.39, 0.29) is 5.92 Å². The average molecular weight is 181 g/mol. The molecule has 0 aliphatic heterocycles. The van der Waals surface area contributed by atoms with Gasteiger partial charge in [0.2, 0.25) is 5.79 Å². The summed E-state index contributed by atoms with van der Waals surface area (Å²) in [6.45, 7) is 5.15. The number of aliphatic hydroxyl groups is 1. The van der Waals surface area contributed by atoms with Crippen LogP contribution in [0.15, 0.2) is 0 Å². The molecule has 5 heteroatoms. The van der Waals surface area contributed by atoms with Gasteiger partial charge in [-0.15, -0.1) is 4.89 Å². The Kier molecular flexibility index (Phi) is 4.11. The molecule has 0 heterocycles. The molecule has 0 radical (unpaired) electrons. The van der Waals surface area contributed by atoms with Crippen LogP contribution in [0.4, 0.5) is 0 Å².